The van der Waals surface area contributed by atoms with Crippen LogP contribution in [0.25, 0.3) is 28.7 Å². The van der Waals surface area contributed by atoms with Gasteiger partial charge in [-0.2, -0.15) is 0 Å². The Bertz CT molecular complexity index is 1370. The number of ether oxygens (including phenoxy) is 1. The summed E-state index contributed by atoms with van der Waals surface area (Å²) < 4.78 is 6.50. The van der Waals surface area contributed by atoms with Gasteiger partial charge in [0.15, 0.2) is 0 Å². The molecule has 0 amide bonds. The zero-order valence-corrected chi connectivity index (χ0v) is 17.9. The van der Waals surface area contributed by atoms with Crippen LogP contribution in [0, 0.1) is 0 Å². The number of aromatic nitrogens is 2. The fourth-order valence-corrected chi connectivity index (χ4v) is 3.42. The van der Waals surface area contributed by atoms with Gasteiger partial charge in [-0.3, -0.25) is 9.36 Å². The van der Waals surface area contributed by atoms with Gasteiger partial charge in [0.25, 0.3) is 5.56 Å². The van der Waals surface area contributed by atoms with Crippen molar-refractivity contribution in [3.8, 4) is 11.4 Å². The van der Waals surface area contributed by atoms with E-state index in [2.05, 4.69) is 4.98 Å². The van der Waals surface area contributed by atoms with Crippen LogP contribution in [-0.2, 0) is 4.74 Å². The molecule has 1 heterocycles. The summed E-state index contributed by atoms with van der Waals surface area (Å²) in [4.78, 5) is 30.0. The van der Waals surface area contributed by atoms with E-state index in [0.717, 1.165) is 5.56 Å². The van der Waals surface area contributed by atoms with Gasteiger partial charge < -0.3 is 9.84 Å². The average Bonchev–Trinajstić information content (AvgIpc) is 2.79. The quantitative estimate of drug-likeness (QED) is 0.432. The largest absolute Gasteiger partial charge is 0.508 e. The number of esters is 1. The Morgan fingerprint density at radius 3 is 2.47 bits per heavy atom. The number of hydrogen-bond donors (Lipinski definition) is 1. The lowest BCUT2D eigenvalue weighted by Crippen LogP contribution is -2.22. The second-order valence-corrected chi connectivity index (χ2v) is 7.40. The number of halogens is 1. The highest BCUT2D eigenvalue weighted by atomic mass is 35.5. The van der Waals surface area contributed by atoms with Crippen LogP contribution >= 0.6 is 11.6 Å². The number of fused-ring (bicyclic) bond motifs is 1. The molecular weight excluding hydrogens is 428 g/mol. The zero-order valence-electron chi connectivity index (χ0n) is 17.2. The molecule has 0 aliphatic carbocycles. The third kappa shape index (κ3) is 4.40. The summed E-state index contributed by atoms with van der Waals surface area (Å²) in [5.41, 5.74) is 1.99. The first-order valence-corrected chi connectivity index (χ1v) is 10.3. The molecule has 4 rings (SSSR count). The molecule has 32 heavy (non-hydrogen) atoms. The number of carbonyl (C=O) groups is 1. The van der Waals surface area contributed by atoms with Crippen LogP contribution in [0.3, 0.4) is 0 Å². The van der Waals surface area contributed by atoms with Crippen LogP contribution in [0.2, 0.25) is 5.02 Å². The number of nitrogens with zero attached hydrogens (tertiary/aromatic N) is 2. The molecule has 0 spiro atoms. The Labute approximate surface area is 189 Å². The van der Waals surface area contributed by atoms with Gasteiger partial charge in [0.05, 0.1) is 28.8 Å². The lowest BCUT2D eigenvalue weighted by Gasteiger charge is -2.12. The standard InChI is InChI=1S/C25H19ClN2O4/c1-2-32-25(31)17-6-9-19(10-7-17)28-23(14-5-16-3-11-20(29)12-4-16)27-22-15-18(26)8-13-21(22)24(28)30/h3-15,29H,2H2,1H3/b14-5+. The molecule has 0 aliphatic rings. The van der Waals surface area contributed by atoms with Crippen LogP contribution < -0.4 is 5.56 Å². The van der Waals surface area contributed by atoms with E-state index in [1.54, 1.807) is 85.8 Å². The minimum atomic E-state index is -0.426. The predicted molar refractivity (Wildman–Crippen MR) is 125 cm³/mol. The van der Waals surface area contributed by atoms with Crippen LogP contribution in [0.1, 0.15) is 28.7 Å². The minimum Gasteiger partial charge on any atom is -0.508 e. The fraction of sp³-hybridized carbons (Fsp3) is 0.0800. The molecular formula is C25H19ClN2O4. The zero-order chi connectivity index (χ0) is 22.7. The van der Waals surface area contributed by atoms with Crippen molar-refractivity contribution in [3.05, 3.63) is 99.1 Å². The summed E-state index contributed by atoms with van der Waals surface area (Å²) in [7, 11) is 0. The van der Waals surface area contributed by atoms with Crippen LogP contribution in [0.15, 0.2) is 71.5 Å². The summed E-state index contributed by atoms with van der Waals surface area (Å²) in [6.07, 6.45) is 3.51. The molecule has 3 aromatic carbocycles. The number of aromatic hydroxyl groups is 1. The molecule has 0 saturated carbocycles. The maximum Gasteiger partial charge on any atom is 0.338 e. The molecule has 1 N–H and O–H groups in total. The Morgan fingerprint density at radius 1 is 1.06 bits per heavy atom. The first-order chi connectivity index (χ1) is 15.5. The predicted octanol–water partition coefficient (Wildman–Crippen LogP) is 5.09. The van der Waals surface area contributed by atoms with E-state index in [1.807, 2.05) is 0 Å². The summed E-state index contributed by atoms with van der Waals surface area (Å²) in [6, 6.07) is 18.2. The van der Waals surface area contributed by atoms with Crippen molar-refractivity contribution < 1.29 is 14.6 Å². The van der Waals surface area contributed by atoms with E-state index in [-0.39, 0.29) is 17.9 Å². The van der Waals surface area contributed by atoms with Crippen LogP contribution in [0.5, 0.6) is 5.75 Å². The van der Waals surface area contributed by atoms with Gasteiger partial charge in [0, 0.05) is 5.02 Å². The minimum absolute atomic E-state index is 0.166. The van der Waals surface area contributed by atoms with E-state index < -0.39 is 5.97 Å². The Morgan fingerprint density at radius 2 is 1.78 bits per heavy atom. The van der Waals surface area contributed by atoms with E-state index in [1.165, 1.54) is 4.57 Å². The first kappa shape index (κ1) is 21.3. The highest BCUT2D eigenvalue weighted by Gasteiger charge is 2.13. The number of phenolic OH excluding ortho intramolecular Hbond substituents is 1. The molecule has 0 atom stereocenters. The molecule has 0 unspecified atom stereocenters. The summed E-state index contributed by atoms with van der Waals surface area (Å²) in [5.74, 6) is 0.131. The van der Waals surface area contributed by atoms with Crippen molar-refractivity contribution in [3.63, 3.8) is 0 Å². The molecule has 0 bridgehead atoms. The van der Waals surface area contributed by atoms with Crippen molar-refractivity contribution in [2.24, 2.45) is 0 Å². The van der Waals surface area contributed by atoms with Gasteiger partial charge in [-0.05, 0) is 73.2 Å². The first-order valence-electron chi connectivity index (χ1n) is 9.93. The van der Waals surface area contributed by atoms with Crippen LogP contribution in [0.4, 0.5) is 0 Å². The van der Waals surface area contributed by atoms with Gasteiger partial charge >= 0.3 is 5.97 Å². The molecule has 0 fully saturated rings. The third-order valence-corrected chi connectivity index (χ3v) is 5.05. The topological polar surface area (TPSA) is 81.4 Å². The smallest absolute Gasteiger partial charge is 0.338 e. The molecule has 7 heteroatoms. The van der Waals surface area contributed by atoms with Crippen molar-refractivity contribution in [2.45, 2.75) is 6.92 Å². The molecule has 4 aromatic rings. The second-order valence-electron chi connectivity index (χ2n) is 6.96. The van der Waals surface area contributed by atoms with Gasteiger partial charge in [-0.1, -0.05) is 29.8 Å². The maximum atomic E-state index is 13.4. The highest BCUT2D eigenvalue weighted by Crippen LogP contribution is 2.20. The maximum absolute atomic E-state index is 13.4. The van der Waals surface area contributed by atoms with Gasteiger partial charge in [0.1, 0.15) is 11.6 Å². The second kappa shape index (κ2) is 9.08. The van der Waals surface area contributed by atoms with Crippen molar-refractivity contribution in [2.75, 3.05) is 6.61 Å². The molecule has 0 aliphatic heterocycles. The number of benzene rings is 3. The van der Waals surface area contributed by atoms with E-state index in [9.17, 15) is 14.7 Å². The molecule has 0 saturated heterocycles. The Balaban J connectivity index is 1.86. The lowest BCUT2D eigenvalue weighted by atomic mass is 10.1. The Hall–Kier alpha value is -3.90. The van der Waals surface area contributed by atoms with Crippen molar-refractivity contribution in [1.82, 2.24) is 9.55 Å². The normalized spacial score (nSPS) is 11.2. The Kier molecular flexibility index (Phi) is 6.05. The van der Waals surface area contributed by atoms with Gasteiger partial charge in [-0.15, -0.1) is 0 Å². The number of phenols is 1. The molecule has 0 radical (unpaired) electrons. The van der Waals surface area contributed by atoms with E-state index in [4.69, 9.17) is 16.3 Å². The van der Waals surface area contributed by atoms with Crippen molar-refractivity contribution >= 4 is 40.6 Å². The fourth-order valence-electron chi connectivity index (χ4n) is 3.25. The summed E-state index contributed by atoms with van der Waals surface area (Å²) in [5, 5.41) is 10.4. The number of hydrogen-bond acceptors (Lipinski definition) is 5. The summed E-state index contributed by atoms with van der Waals surface area (Å²) in [6.45, 7) is 2.02. The van der Waals surface area contributed by atoms with E-state index in [0.29, 0.717) is 33.0 Å². The van der Waals surface area contributed by atoms with Crippen molar-refractivity contribution in [1.29, 1.82) is 0 Å². The van der Waals surface area contributed by atoms with E-state index >= 15 is 0 Å². The monoisotopic (exact) mass is 446 g/mol. The van der Waals surface area contributed by atoms with Gasteiger partial charge in [-0.25, -0.2) is 9.78 Å². The molecule has 1 aromatic heterocycles. The molecule has 160 valence electrons. The van der Waals surface area contributed by atoms with Gasteiger partial charge in [0.2, 0.25) is 0 Å². The molecule has 6 nitrogen and oxygen atoms in total. The van der Waals surface area contributed by atoms with Crippen LogP contribution in [-0.4, -0.2) is 27.2 Å². The summed E-state index contributed by atoms with van der Waals surface area (Å²) >= 11 is 6.11. The SMILES string of the molecule is CCOC(=O)c1ccc(-n2c(/C=C/c3ccc(O)cc3)nc3cc(Cl)ccc3c2=O)cc1. The highest BCUT2D eigenvalue weighted by molar-refractivity contribution is 6.31. The lowest BCUT2D eigenvalue weighted by molar-refractivity contribution is 0.0526. The number of carbonyl (C=O) groups excluding carboxylic acids is 1. The third-order valence-electron chi connectivity index (χ3n) is 4.81. The number of rotatable bonds is 5. The average molecular weight is 447 g/mol.